The monoisotopic (exact) mass is 441 g/mol. The Bertz CT molecular complexity index is 1040. The van der Waals surface area contributed by atoms with Crippen molar-refractivity contribution in [2.75, 3.05) is 26.7 Å². The highest BCUT2D eigenvalue weighted by Gasteiger charge is 2.53. The molecule has 0 radical (unpaired) electrons. The fourth-order valence-electron chi connectivity index (χ4n) is 5.65. The van der Waals surface area contributed by atoms with Crippen LogP contribution < -0.4 is 5.73 Å². The van der Waals surface area contributed by atoms with E-state index in [4.69, 9.17) is 5.73 Å². The summed E-state index contributed by atoms with van der Waals surface area (Å²) in [5, 5.41) is 0. The van der Waals surface area contributed by atoms with E-state index in [0.29, 0.717) is 6.42 Å². The number of amides is 1. The second-order valence-corrected chi connectivity index (χ2v) is 9.53. The number of rotatable bonds is 9. The zero-order valence-corrected chi connectivity index (χ0v) is 19.3. The van der Waals surface area contributed by atoms with Gasteiger partial charge in [0.15, 0.2) is 5.78 Å². The molecule has 0 spiro atoms. The molecule has 1 amide bonds. The number of carbonyl (C=O) groups is 2. The summed E-state index contributed by atoms with van der Waals surface area (Å²) in [6.45, 7) is 2.73. The molecule has 2 unspecified atom stereocenters. The number of carbonyl (C=O) groups excluding carboxylic acids is 2. The van der Waals surface area contributed by atoms with E-state index in [9.17, 15) is 9.59 Å². The molecule has 0 bridgehead atoms. The van der Waals surface area contributed by atoms with Gasteiger partial charge in [-0.1, -0.05) is 91.0 Å². The van der Waals surface area contributed by atoms with Crippen LogP contribution in [0.4, 0.5) is 0 Å². The Balaban J connectivity index is 1.55. The smallest absolute Gasteiger partial charge is 0.233 e. The standard InChI is InChI=1S/C29H32N2O2/c1-31(20-11-18-27(32)23-12-5-2-6-13-23)21-19-26(22-31)29(28(30)33,24-14-7-3-8-15-24)25-16-9-4-10-17-25/h2-10,12-17,26H,11,18-22H2,1H3,(H-,30,33)/p+1. The molecule has 1 heterocycles. The number of hydrogen-bond donors (Lipinski definition) is 1. The predicted molar refractivity (Wildman–Crippen MR) is 132 cm³/mol. The van der Waals surface area contributed by atoms with Gasteiger partial charge in [-0.05, 0) is 11.1 Å². The van der Waals surface area contributed by atoms with Crippen LogP contribution in [-0.2, 0) is 10.2 Å². The summed E-state index contributed by atoms with van der Waals surface area (Å²) in [5.41, 5.74) is 8.05. The third kappa shape index (κ3) is 4.62. The lowest BCUT2D eigenvalue weighted by Crippen LogP contribution is -2.51. The zero-order valence-electron chi connectivity index (χ0n) is 19.3. The topological polar surface area (TPSA) is 60.2 Å². The number of quaternary nitrogens is 1. The lowest BCUT2D eigenvalue weighted by atomic mass is 9.64. The van der Waals surface area contributed by atoms with Gasteiger partial charge in [0.2, 0.25) is 5.91 Å². The molecule has 0 saturated carbocycles. The van der Waals surface area contributed by atoms with Gasteiger partial charge >= 0.3 is 0 Å². The van der Waals surface area contributed by atoms with E-state index in [1.807, 2.05) is 91.0 Å². The second-order valence-electron chi connectivity index (χ2n) is 9.53. The SMILES string of the molecule is C[N+]1(CCCC(=O)c2ccccc2)CCC(C(C(N)=O)(c2ccccc2)c2ccccc2)C1. The third-order valence-electron chi connectivity index (χ3n) is 7.34. The van der Waals surface area contributed by atoms with Crippen LogP contribution in [0.3, 0.4) is 0 Å². The summed E-state index contributed by atoms with van der Waals surface area (Å²) >= 11 is 0. The van der Waals surface area contributed by atoms with E-state index in [0.717, 1.165) is 53.6 Å². The van der Waals surface area contributed by atoms with Crippen molar-refractivity contribution in [1.82, 2.24) is 0 Å². The van der Waals surface area contributed by atoms with Crippen LogP contribution in [-0.4, -0.2) is 42.9 Å². The Labute approximate surface area is 196 Å². The second kappa shape index (κ2) is 9.72. The zero-order chi connectivity index (χ0) is 23.3. The number of nitrogens with zero attached hydrogens (tertiary/aromatic N) is 1. The van der Waals surface area contributed by atoms with Crippen molar-refractivity contribution in [1.29, 1.82) is 0 Å². The van der Waals surface area contributed by atoms with Crippen LogP contribution in [0.25, 0.3) is 0 Å². The molecule has 1 saturated heterocycles. The van der Waals surface area contributed by atoms with Gasteiger partial charge in [-0.2, -0.15) is 0 Å². The van der Waals surface area contributed by atoms with E-state index in [1.165, 1.54) is 0 Å². The molecule has 1 aliphatic heterocycles. The van der Waals surface area contributed by atoms with Crippen molar-refractivity contribution in [3.63, 3.8) is 0 Å². The minimum atomic E-state index is -0.863. The summed E-state index contributed by atoms with van der Waals surface area (Å²) in [7, 11) is 2.24. The highest BCUT2D eigenvalue weighted by Crippen LogP contribution is 2.45. The maximum atomic E-state index is 13.3. The van der Waals surface area contributed by atoms with Gasteiger partial charge in [0, 0.05) is 30.7 Å². The average Bonchev–Trinajstić information content (AvgIpc) is 3.23. The Hall–Kier alpha value is -3.24. The fraction of sp³-hybridized carbons (Fsp3) is 0.310. The largest absolute Gasteiger partial charge is 0.369 e. The summed E-state index contributed by atoms with van der Waals surface area (Å²) in [6.07, 6.45) is 2.29. The molecule has 1 fully saturated rings. The number of benzene rings is 3. The van der Waals surface area contributed by atoms with E-state index in [1.54, 1.807) is 0 Å². The van der Waals surface area contributed by atoms with Gasteiger partial charge in [-0.3, -0.25) is 9.59 Å². The number of likely N-dealkylation sites (tertiary alicyclic amines) is 1. The lowest BCUT2D eigenvalue weighted by molar-refractivity contribution is -0.899. The highest BCUT2D eigenvalue weighted by molar-refractivity contribution is 5.96. The quantitative estimate of drug-likeness (QED) is 0.390. The molecule has 4 rings (SSSR count). The molecule has 170 valence electrons. The van der Waals surface area contributed by atoms with Crippen molar-refractivity contribution in [3.8, 4) is 0 Å². The number of primary amides is 1. The fourth-order valence-corrected chi connectivity index (χ4v) is 5.65. The normalized spacial score (nSPS) is 20.5. The first-order chi connectivity index (χ1) is 16.0. The Morgan fingerprint density at radius 2 is 1.39 bits per heavy atom. The van der Waals surface area contributed by atoms with Crippen molar-refractivity contribution < 1.29 is 14.1 Å². The van der Waals surface area contributed by atoms with Crippen LogP contribution in [0.5, 0.6) is 0 Å². The highest BCUT2D eigenvalue weighted by atomic mass is 16.1. The molecule has 0 aromatic heterocycles. The van der Waals surface area contributed by atoms with Crippen molar-refractivity contribution in [2.24, 2.45) is 11.7 Å². The van der Waals surface area contributed by atoms with Gasteiger partial charge in [0.05, 0.1) is 26.7 Å². The maximum Gasteiger partial charge on any atom is 0.233 e. The van der Waals surface area contributed by atoms with E-state index >= 15 is 0 Å². The summed E-state index contributed by atoms with van der Waals surface area (Å²) in [5.74, 6) is -0.00905. The maximum absolute atomic E-state index is 13.3. The van der Waals surface area contributed by atoms with E-state index in [2.05, 4.69) is 7.05 Å². The third-order valence-corrected chi connectivity index (χ3v) is 7.34. The number of hydrogen-bond acceptors (Lipinski definition) is 2. The van der Waals surface area contributed by atoms with Crippen LogP contribution in [0.1, 0.15) is 40.7 Å². The van der Waals surface area contributed by atoms with Gasteiger partial charge in [-0.15, -0.1) is 0 Å². The molecule has 2 N–H and O–H groups in total. The summed E-state index contributed by atoms with van der Waals surface area (Å²) in [4.78, 5) is 25.8. The summed E-state index contributed by atoms with van der Waals surface area (Å²) in [6, 6.07) is 29.5. The Kier molecular flexibility index (Phi) is 6.75. The van der Waals surface area contributed by atoms with E-state index < -0.39 is 5.41 Å². The first-order valence-electron chi connectivity index (χ1n) is 11.8. The van der Waals surface area contributed by atoms with Gasteiger partial charge in [0.25, 0.3) is 0 Å². The van der Waals surface area contributed by atoms with Crippen molar-refractivity contribution >= 4 is 11.7 Å². The molecular formula is C29H33N2O2+. The molecule has 3 aromatic carbocycles. The first kappa shape index (κ1) is 22.9. The minimum absolute atomic E-state index is 0.0922. The van der Waals surface area contributed by atoms with Crippen molar-refractivity contribution in [3.05, 3.63) is 108 Å². The van der Waals surface area contributed by atoms with Crippen LogP contribution in [0.15, 0.2) is 91.0 Å². The van der Waals surface area contributed by atoms with Crippen LogP contribution in [0.2, 0.25) is 0 Å². The molecule has 3 aromatic rings. The molecule has 33 heavy (non-hydrogen) atoms. The summed E-state index contributed by atoms with van der Waals surface area (Å²) < 4.78 is 0.849. The minimum Gasteiger partial charge on any atom is -0.369 e. The molecular weight excluding hydrogens is 408 g/mol. The molecule has 0 aliphatic carbocycles. The molecule has 2 atom stereocenters. The average molecular weight is 442 g/mol. The van der Waals surface area contributed by atoms with Crippen LogP contribution >= 0.6 is 0 Å². The van der Waals surface area contributed by atoms with Gasteiger partial charge in [-0.25, -0.2) is 0 Å². The molecule has 4 heteroatoms. The molecule has 1 aliphatic rings. The lowest BCUT2D eigenvalue weighted by Gasteiger charge is -2.38. The Morgan fingerprint density at radius 1 is 0.879 bits per heavy atom. The van der Waals surface area contributed by atoms with Crippen LogP contribution in [0, 0.1) is 5.92 Å². The molecule has 4 nitrogen and oxygen atoms in total. The number of nitrogens with two attached hydrogens (primary N) is 1. The van der Waals surface area contributed by atoms with E-state index in [-0.39, 0.29) is 17.6 Å². The van der Waals surface area contributed by atoms with Crippen molar-refractivity contribution in [2.45, 2.75) is 24.7 Å². The predicted octanol–water partition coefficient (Wildman–Crippen LogP) is 4.59. The first-order valence-corrected chi connectivity index (χ1v) is 11.8. The number of ketones is 1. The number of Topliss-reactive ketones (excluding diaryl/α,β-unsaturated/α-hetero) is 1. The Morgan fingerprint density at radius 3 is 1.91 bits per heavy atom. The van der Waals surface area contributed by atoms with Gasteiger partial charge in [0.1, 0.15) is 5.41 Å². The van der Waals surface area contributed by atoms with Gasteiger partial charge < -0.3 is 10.2 Å².